The number of carbonyl (C=O) groups is 1. The number of nitrogens with zero attached hydrogens (tertiary/aromatic N) is 4. The molecule has 0 fully saturated rings. The van der Waals surface area contributed by atoms with Gasteiger partial charge in [0.05, 0.1) is 6.33 Å². The second kappa shape index (κ2) is 7.64. The molecule has 3 rings (SSSR count). The summed E-state index contributed by atoms with van der Waals surface area (Å²) in [6.45, 7) is 1.32. The SMILES string of the molecule is O=C(NCCCn1ccnc1)Nc1nc(-c2ccc(F)cc2)ns1. The Morgan fingerprint density at radius 1 is 1.29 bits per heavy atom. The highest BCUT2D eigenvalue weighted by molar-refractivity contribution is 7.10. The van der Waals surface area contributed by atoms with Crippen LogP contribution in [-0.2, 0) is 6.54 Å². The summed E-state index contributed by atoms with van der Waals surface area (Å²) in [5.41, 5.74) is 0.696. The fourth-order valence-corrected chi connectivity index (χ4v) is 2.60. The van der Waals surface area contributed by atoms with Gasteiger partial charge < -0.3 is 9.88 Å². The van der Waals surface area contributed by atoms with E-state index in [9.17, 15) is 9.18 Å². The molecule has 2 N–H and O–H groups in total. The third-order valence-corrected chi connectivity index (χ3v) is 3.82. The molecular weight excluding hydrogens is 331 g/mol. The molecular formula is C15H15FN6OS. The number of anilines is 1. The summed E-state index contributed by atoms with van der Waals surface area (Å²) in [5, 5.41) is 5.78. The van der Waals surface area contributed by atoms with Gasteiger partial charge in [0.25, 0.3) is 0 Å². The molecule has 9 heteroatoms. The van der Waals surface area contributed by atoms with E-state index in [0.29, 0.717) is 23.1 Å². The van der Waals surface area contributed by atoms with Gasteiger partial charge in [-0.05, 0) is 30.7 Å². The van der Waals surface area contributed by atoms with Crippen LogP contribution < -0.4 is 10.6 Å². The zero-order chi connectivity index (χ0) is 16.8. The molecule has 3 aromatic rings. The first-order valence-corrected chi connectivity index (χ1v) is 8.08. The molecule has 0 unspecified atom stereocenters. The molecule has 7 nitrogen and oxygen atoms in total. The number of aryl methyl sites for hydroxylation is 1. The van der Waals surface area contributed by atoms with Crippen LogP contribution in [0.15, 0.2) is 43.0 Å². The van der Waals surface area contributed by atoms with Crippen LogP contribution in [0.2, 0.25) is 0 Å². The zero-order valence-corrected chi connectivity index (χ0v) is 13.5. The second-order valence-electron chi connectivity index (χ2n) is 4.96. The summed E-state index contributed by atoms with van der Waals surface area (Å²) in [5.74, 6) is 0.137. The average molecular weight is 346 g/mol. The summed E-state index contributed by atoms with van der Waals surface area (Å²) in [6, 6.07) is 5.55. The Bertz CT molecular complexity index is 787. The normalized spacial score (nSPS) is 10.5. The van der Waals surface area contributed by atoms with Crippen LogP contribution in [0, 0.1) is 5.82 Å². The maximum absolute atomic E-state index is 12.9. The monoisotopic (exact) mass is 346 g/mol. The number of benzene rings is 1. The highest BCUT2D eigenvalue weighted by atomic mass is 32.1. The molecule has 24 heavy (non-hydrogen) atoms. The molecule has 0 aliphatic heterocycles. The number of nitrogens with one attached hydrogen (secondary N) is 2. The maximum Gasteiger partial charge on any atom is 0.321 e. The van der Waals surface area contributed by atoms with E-state index < -0.39 is 0 Å². The van der Waals surface area contributed by atoms with E-state index in [2.05, 4.69) is 25.0 Å². The minimum Gasteiger partial charge on any atom is -0.338 e. The fourth-order valence-electron chi connectivity index (χ4n) is 2.01. The average Bonchev–Trinajstić information content (AvgIpc) is 3.24. The van der Waals surface area contributed by atoms with Gasteiger partial charge in [-0.15, -0.1) is 0 Å². The van der Waals surface area contributed by atoms with Gasteiger partial charge in [0.2, 0.25) is 5.13 Å². The van der Waals surface area contributed by atoms with E-state index in [1.54, 1.807) is 24.7 Å². The Morgan fingerprint density at radius 2 is 2.12 bits per heavy atom. The van der Waals surface area contributed by atoms with Crippen LogP contribution >= 0.6 is 11.5 Å². The summed E-state index contributed by atoms with van der Waals surface area (Å²) in [7, 11) is 0. The maximum atomic E-state index is 12.9. The minimum atomic E-state index is -0.331. The first-order chi connectivity index (χ1) is 11.7. The third-order valence-electron chi connectivity index (χ3n) is 3.19. The number of carbonyl (C=O) groups excluding carboxylic acids is 1. The number of urea groups is 1. The van der Waals surface area contributed by atoms with Crippen LogP contribution in [0.25, 0.3) is 11.4 Å². The lowest BCUT2D eigenvalue weighted by atomic mass is 10.2. The molecule has 0 aliphatic carbocycles. The topological polar surface area (TPSA) is 84.7 Å². The summed E-state index contributed by atoms with van der Waals surface area (Å²) < 4.78 is 19.0. The fraction of sp³-hybridized carbons (Fsp3) is 0.200. The number of imidazole rings is 1. The van der Waals surface area contributed by atoms with Crippen LogP contribution in [-0.4, -0.2) is 31.5 Å². The van der Waals surface area contributed by atoms with Crippen LogP contribution in [0.4, 0.5) is 14.3 Å². The summed E-state index contributed by atoms with van der Waals surface area (Å²) in [6.07, 6.45) is 6.12. The van der Waals surface area contributed by atoms with Crippen LogP contribution in [0.1, 0.15) is 6.42 Å². The van der Waals surface area contributed by atoms with Crippen molar-refractivity contribution in [1.29, 1.82) is 0 Å². The highest BCUT2D eigenvalue weighted by Gasteiger charge is 2.09. The van der Waals surface area contributed by atoms with Gasteiger partial charge in [-0.1, -0.05) is 0 Å². The lowest BCUT2D eigenvalue weighted by molar-refractivity contribution is 0.252. The van der Waals surface area contributed by atoms with Crippen molar-refractivity contribution in [2.45, 2.75) is 13.0 Å². The molecule has 2 heterocycles. The van der Waals surface area contributed by atoms with Crippen molar-refractivity contribution < 1.29 is 9.18 Å². The molecule has 0 spiro atoms. The van der Waals surface area contributed by atoms with E-state index in [1.807, 2.05) is 10.8 Å². The van der Waals surface area contributed by atoms with E-state index in [0.717, 1.165) is 24.5 Å². The molecule has 1 aromatic carbocycles. The molecule has 0 atom stereocenters. The van der Waals surface area contributed by atoms with Crippen LogP contribution in [0.5, 0.6) is 0 Å². The number of rotatable bonds is 6. The number of halogens is 1. The van der Waals surface area contributed by atoms with Gasteiger partial charge in [0.1, 0.15) is 5.82 Å². The molecule has 0 radical (unpaired) electrons. The third kappa shape index (κ3) is 4.35. The number of aromatic nitrogens is 4. The predicted octanol–water partition coefficient (Wildman–Crippen LogP) is 2.75. The van der Waals surface area contributed by atoms with Crippen molar-refractivity contribution in [2.24, 2.45) is 0 Å². The van der Waals surface area contributed by atoms with Crippen molar-refractivity contribution in [3.8, 4) is 11.4 Å². The predicted molar refractivity (Wildman–Crippen MR) is 89.2 cm³/mol. The van der Waals surface area contributed by atoms with Crippen LogP contribution in [0.3, 0.4) is 0 Å². The van der Waals surface area contributed by atoms with Gasteiger partial charge in [0.15, 0.2) is 5.82 Å². The largest absolute Gasteiger partial charge is 0.338 e. The van der Waals surface area contributed by atoms with Crippen molar-refractivity contribution in [2.75, 3.05) is 11.9 Å². The number of hydrogen-bond donors (Lipinski definition) is 2. The van der Waals surface area contributed by atoms with Crippen molar-refractivity contribution in [3.05, 3.63) is 48.8 Å². The highest BCUT2D eigenvalue weighted by Crippen LogP contribution is 2.21. The lowest BCUT2D eigenvalue weighted by Crippen LogP contribution is -2.29. The molecule has 2 amide bonds. The molecule has 2 aromatic heterocycles. The van der Waals surface area contributed by atoms with Gasteiger partial charge in [-0.3, -0.25) is 5.32 Å². The molecule has 124 valence electrons. The van der Waals surface area contributed by atoms with E-state index in [-0.39, 0.29) is 11.8 Å². The first-order valence-electron chi connectivity index (χ1n) is 7.31. The molecule has 0 saturated heterocycles. The molecule has 0 bridgehead atoms. The van der Waals surface area contributed by atoms with Gasteiger partial charge >= 0.3 is 6.03 Å². The van der Waals surface area contributed by atoms with Crippen molar-refractivity contribution in [1.82, 2.24) is 24.2 Å². The first kappa shape index (κ1) is 16.1. The van der Waals surface area contributed by atoms with Crippen molar-refractivity contribution in [3.63, 3.8) is 0 Å². The minimum absolute atomic E-state index is 0.317. The second-order valence-corrected chi connectivity index (χ2v) is 5.72. The van der Waals surface area contributed by atoms with E-state index in [4.69, 9.17) is 0 Å². The van der Waals surface area contributed by atoms with Crippen molar-refractivity contribution >= 4 is 22.7 Å². The Hall–Kier alpha value is -2.81. The van der Waals surface area contributed by atoms with Gasteiger partial charge in [-0.2, -0.15) is 9.36 Å². The van der Waals surface area contributed by atoms with Gasteiger partial charge in [0, 0.05) is 42.6 Å². The molecule has 0 saturated carbocycles. The Labute approximate surface area is 141 Å². The Kier molecular flexibility index (Phi) is 5.12. The summed E-state index contributed by atoms with van der Waals surface area (Å²) in [4.78, 5) is 20.0. The summed E-state index contributed by atoms with van der Waals surface area (Å²) >= 11 is 1.07. The molecule has 0 aliphatic rings. The Balaban J connectivity index is 1.45. The zero-order valence-electron chi connectivity index (χ0n) is 12.6. The van der Waals surface area contributed by atoms with Gasteiger partial charge in [-0.25, -0.2) is 14.2 Å². The quantitative estimate of drug-likeness (QED) is 0.672. The van der Waals surface area contributed by atoms with E-state index >= 15 is 0 Å². The number of amides is 2. The lowest BCUT2D eigenvalue weighted by Gasteiger charge is -2.05. The standard InChI is InChI=1S/C15H15FN6OS/c16-12-4-2-11(3-5-12)13-19-15(24-21-13)20-14(23)18-6-1-8-22-9-7-17-10-22/h2-5,7,9-10H,1,6,8H2,(H2,18,19,20,21,23). The Morgan fingerprint density at radius 3 is 2.88 bits per heavy atom. The smallest absolute Gasteiger partial charge is 0.321 e. The van der Waals surface area contributed by atoms with E-state index in [1.165, 1.54) is 12.1 Å². The number of hydrogen-bond acceptors (Lipinski definition) is 5.